The molecule has 22 heavy (non-hydrogen) atoms. The third-order valence-electron chi connectivity index (χ3n) is 3.13. The second-order valence-electron chi connectivity index (χ2n) is 5.11. The van der Waals surface area contributed by atoms with Crippen LogP contribution in [0.1, 0.15) is 58.8 Å². The highest BCUT2D eigenvalue weighted by Crippen LogP contribution is 2.17. The molecule has 0 aliphatic heterocycles. The molecule has 128 valence electrons. The lowest BCUT2D eigenvalue weighted by Crippen LogP contribution is -2.15. The van der Waals surface area contributed by atoms with Gasteiger partial charge in [0.2, 0.25) is 0 Å². The molecule has 0 spiro atoms. The van der Waals surface area contributed by atoms with Crippen LogP contribution in [0.25, 0.3) is 0 Å². The predicted octanol–water partition coefficient (Wildman–Crippen LogP) is 4.55. The van der Waals surface area contributed by atoms with Gasteiger partial charge >= 0.3 is 10.4 Å². The van der Waals surface area contributed by atoms with E-state index >= 15 is 0 Å². The van der Waals surface area contributed by atoms with Crippen molar-refractivity contribution < 1.29 is 22.3 Å². The maximum Gasteiger partial charge on any atom is 0.394 e. The fourth-order valence-electron chi connectivity index (χ4n) is 2.01. The average Bonchev–Trinajstić information content (AvgIpc) is 2.45. The number of para-hydroxylation sites is 1. The van der Waals surface area contributed by atoms with Crippen molar-refractivity contribution in [2.75, 3.05) is 0 Å². The van der Waals surface area contributed by atoms with Crippen LogP contribution in [0.2, 0.25) is 0 Å². The van der Waals surface area contributed by atoms with E-state index in [0.717, 1.165) is 12.2 Å². The smallest absolute Gasteiger partial charge is 0.394 e. The lowest BCUT2D eigenvalue weighted by Gasteiger charge is -2.17. The number of hydrogen-bond donors (Lipinski definition) is 2. The zero-order valence-electron chi connectivity index (χ0n) is 13.4. The normalized spacial score (nSPS) is 12.2. The Labute approximate surface area is 134 Å². The van der Waals surface area contributed by atoms with E-state index in [1.54, 1.807) is 0 Å². The molecule has 6 heteroatoms. The van der Waals surface area contributed by atoms with Gasteiger partial charge in [-0.25, -0.2) is 0 Å². The molecule has 0 heterocycles. The summed E-state index contributed by atoms with van der Waals surface area (Å²) in [5.74, 6) is 1.01. The first-order chi connectivity index (χ1) is 10.4. The summed E-state index contributed by atoms with van der Waals surface area (Å²) in [4.78, 5) is 0. The molecule has 0 aromatic heterocycles. The number of benzene rings is 1. The number of rotatable bonds is 9. The maximum absolute atomic E-state index is 8.74. The molecular weight excluding hydrogens is 304 g/mol. The van der Waals surface area contributed by atoms with Crippen molar-refractivity contribution in [2.45, 2.75) is 64.9 Å². The van der Waals surface area contributed by atoms with Crippen molar-refractivity contribution in [2.24, 2.45) is 0 Å². The molecule has 0 bridgehead atoms. The Morgan fingerprint density at radius 2 is 1.55 bits per heavy atom. The summed E-state index contributed by atoms with van der Waals surface area (Å²) in [7, 11) is -4.67. The Bertz CT molecular complexity index is 451. The second-order valence-corrected chi connectivity index (χ2v) is 6.01. The van der Waals surface area contributed by atoms with Gasteiger partial charge < -0.3 is 4.74 Å². The Morgan fingerprint density at radius 1 is 1.00 bits per heavy atom. The van der Waals surface area contributed by atoms with E-state index in [1.165, 1.54) is 38.5 Å². The highest BCUT2D eigenvalue weighted by Gasteiger charge is 2.07. The molecule has 0 aliphatic rings. The molecule has 0 amide bonds. The van der Waals surface area contributed by atoms with E-state index < -0.39 is 10.4 Å². The van der Waals surface area contributed by atoms with Gasteiger partial charge in [-0.15, -0.1) is 0 Å². The van der Waals surface area contributed by atoms with Crippen LogP contribution in [0.3, 0.4) is 0 Å². The predicted molar refractivity (Wildman–Crippen MR) is 88.7 cm³/mol. The van der Waals surface area contributed by atoms with E-state index in [1.807, 2.05) is 30.3 Å². The van der Waals surface area contributed by atoms with E-state index in [2.05, 4.69) is 13.8 Å². The molecule has 1 unspecified atom stereocenters. The summed E-state index contributed by atoms with van der Waals surface area (Å²) in [5.41, 5.74) is 0. The molecule has 2 N–H and O–H groups in total. The highest BCUT2D eigenvalue weighted by atomic mass is 32.3. The minimum Gasteiger partial charge on any atom is -0.490 e. The quantitative estimate of drug-likeness (QED) is 0.512. The third kappa shape index (κ3) is 15.3. The molecule has 0 saturated heterocycles. The minimum absolute atomic E-state index is 0.388. The van der Waals surface area contributed by atoms with Gasteiger partial charge in [-0.3, -0.25) is 9.11 Å². The van der Waals surface area contributed by atoms with Gasteiger partial charge in [0.05, 0.1) is 6.10 Å². The highest BCUT2D eigenvalue weighted by molar-refractivity contribution is 7.79. The molecule has 5 nitrogen and oxygen atoms in total. The summed E-state index contributed by atoms with van der Waals surface area (Å²) in [6, 6.07) is 10.2. The monoisotopic (exact) mass is 332 g/mol. The first kappa shape index (κ1) is 20.9. The molecule has 1 rings (SSSR count). The molecule has 0 radical (unpaired) electrons. The van der Waals surface area contributed by atoms with Crippen LogP contribution in [0, 0.1) is 0 Å². The molecule has 0 aliphatic carbocycles. The Kier molecular flexibility index (Phi) is 11.8. The van der Waals surface area contributed by atoms with Gasteiger partial charge in [0.25, 0.3) is 0 Å². The average molecular weight is 332 g/mol. The summed E-state index contributed by atoms with van der Waals surface area (Å²) in [6.07, 6.45) is 9.39. The topological polar surface area (TPSA) is 83.8 Å². The molecule has 1 atom stereocenters. The maximum atomic E-state index is 8.74. The Morgan fingerprint density at radius 3 is 2.05 bits per heavy atom. The fraction of sp³-hybridized carbons (Fsp3) is 0.625. The molecule has 0 fully saturated rings. The van der Waals surface area contributed by atoms with Crippen LogP contribution >= 0.6 is 0 Å². The zero-order chi connectivity index (χ0) is 16.8. The van der Waals surface area contributed by atoms with Crippen LogP contribution in [0.4, 0.5) is 0 Å². The van der Waals surface area contributed by atoms with Crippen molar-refractivity contribution >= 4 is 10.4 Å². The lowest BCUT2D eigenvalue weighted by atomic mass is 10.1. The van der Waals surface area contributed by atoms with Crippen molar-refractivity contribution in [1.82, 2.24) is 0 Å². The number of unbranched alkanes of at least 4 members (excludes halogenated alkanes) is 4. The summed E-state index contributed by atoms with van der Waals surface area (Å²) < 4.78 is 37.6. The van der Waals surface area contributed by atoms with Gasteiger partial charge in [0, 0.05) is 0 Å². The van der Waals surface area contributed by atoms with Crippen molar-refractivity contribution in [3.63, 3.8) is 0 Å². The standard InChI is InChI=1S/C16H26O.H2O4S/c1-3-5-6-7-9-12-15(4-2)17-16-13-10-8-11-14-16;1-5(2,3)4/h8,10-11,13-15H,3-7,9,12H2,1-2H3;(H2,1,2,3,4). The fourth-order valence-corrected chi connectivity index (χ4v) is 2.01. The van der Waals surface area contributed by atoms with Crippen LogP contribution in [-0.4, -0.2) is 23.6 Å². The largest absolute Gasteiger partial charge is 0.490 e. The van der Waals surface area contributed by atoms with E-state index in [0.29, 0.717) is 6.10 Å². The van der Waals surface area contributed by atoms with Crippen LogP contribution < -0.4 is 4.74 Å². The zero-order valence-corrected chi connectivity index (χ0v) is 14.3. The third-order valence-corrected chi connectivity index (χ3v) is 3.13. The minimum atomic E-state index is -4.67. The lowest BCUT2D eigenvalue weighted by molar-refractivity contribution is 0.182. The summed E-state index contributed by atoms with van der Waals surface area (Å²) in [5, 5.41) is 0. The van der Waals surface area contributed by atoms with Gasteiger partial charge in [0.1, 0.15) is 5.75 Å². The molecular formula is C16H28O5S. The molecule has 1 aromatic rings. The summed E-state index contributed by atoms with van der Waals surface area (Å²) >= 11 is 0. The van der Waals surface area contributed by atoms with E-state index in [9.17, 15) is 0 Å². The van der Waals surface area contributed by atoms with Gasteiger partial charge in [-0.05, 0) is 31.4 Å². The SMILES string of the molecule is CCCCCCCC(CC)Oc1ccccc1.O=S(=O)(O)O. The molecule has 0 saturated carbocycles. The van der Waals surface area contributed by atoms with Crippen molar-refractivity contribution in [3.05, 3.63) is 30.3 Å². The van der Waals surface area contributed by atoms with Crippen molar-refractivity contribution in [1.29, 1.82) is 0 Å². The Balaban J connectivity index is 0.000000763. The number of ether oxygens (including phenoxy) is 1. The first-order valence-electron chi connectivity index (χ1n) is 7.78. The summed E-state index contributed by atoms with van der Waals surface area (Å²) in [6.45, 7) is 4.47. The van der Waals surface area contributed by atoms with Gasteiger partial charge in [-0.1, -0.05) is 57.7 Å². The van der Waals surface area contributed by atoms with E-state index in [-0.39, 0.29) is 0 Å². The Hall–Kier alpha value is -1.11. The van der Waals surface area contributed by atoms with Crippen LogP contribution in [0.5, 0.6) is 5.75 Å². The van der Waals surface area contributed by atoms with E-state index in [4.69, 9.17) is 22.3 Å². The second kappa shape index (κ2) is 12.4. The van der Waals surface area contributed by atoms with Crippen LogP contribution in [0.15, 0.2) is 30.3 Å². The number of hydrogen-bond acceptors (Lipinski definition) is 3. The first-order valence-corrected chi connectivity index (χ1v) is 9.18. The van der Waals surface area contributed by atoms with Crippen LogP contribution in [-0.2, 0) is 10.4 Å². The van der Waals surface area contributed by atoms with Gasteiger partial charge in [0.15, 0.2) is 0 Å². The molecule has 1 aromatic carbocycles. The van der Waals surface area contributed by atoms with Gasteiger partial charge in [-0.2, -0.15) is 8.42 Å². The van der Waals surface area contributed by atoms with Crippen molar-refractivity contribution in [3.8, 4) is 5.75 Å².